The molecule has 1 aliphatic rings. The van der Waals surface area contributed by atoms with Gasteiger partial charge >= 0.3 is 5.97 Å². The predicted molar refractivity (Wildman–Crippen MR) is 83.3 cm³/mol. The number of Topliss-reactive ketones (excluding diaryl/α,β-unsaturated/α-hetero) is 1. The second-order valence-electron chi connectivity index (χ2n) is 5.66. The first-order valence-electron chi connectivity index (χ1n) is 7.61. The first-order valence-corrected chi connectivity index (χ1v) is 7.61. The highest BCUT2D eigenvalue weighted by Crippen LogP contribution is 2.49. The molecule has 2 aromatic heterocycles. The third-order valence-electron chi connectivity index (χ3n) is 4.31. The van der Waals surface area contributed by atoms with Crippen LogP contribution in [0.4, 0.5) is 0 Å². The lowest BCUT2D eigenvalue weighted by Crippen LogP contribution is -2.40. The van der Waals surface area contributed by atoms with Crippen molar-refractivity contribution in [1.29, 1.82) is 0 Å². The van der Waals surface area contributed by atoms with Gasteiger partial charge in [-0.05, 0) is 29.8 Å². The summed E-state index contributed by atoms with van der Waals surface area (Å²) in [5.74, 6) is -0.942. The van der Waals surface area contributed by atoms with E-state index in [0.717, 1.165) is 5.56 Å². The minimum absolute atomic E-state index is 0.0944. The number of carbonyl (C=O) groups excluding carboxylic acids is 2. The number of hydrogen-bond acceptors (Lipinski definition) is 5. The van der Waals surface area contributed by atoms with Crippen molar-refractivity contribution in [3.63, 3.8) is 0 Å². The number of benzene rings is 1. The summed E-state index contributed by atoms with van der Waals surface area (Å²) in [6.45, 7) is 0. The zero-order chi connectivity index (χ0) is 16.6. The fraction of sp³-hybridized carbons (Fsp3) is 0.158. The van der Waals surface area contributed by atoms with Crippen LogP contribution in [-0.4, -0.2) is 11.8 Å². The van der Waals surface area contributed by atoms with E-state index in [1.165, 1.54) is 12.5 Å². The van der Waals surface area contributed by atoms with Gasteiger partial charge in [-0.2, -0.15) is 0 Å². The Balaban J connectivity index is 1.92. The average Bonchev–Trinajstić information content (AvgIpc) is 3.35. The molecule has 0 bridgehead atoms. The molecule has 3 aromatic rings. The summed E-state index contributed by atoms with van der Waals surface area (Å²) in [6, 6.07) is 15.9. The molecule has 120 valence electrons. The van der Waals surface area contributed by atoms with Gasteiger partial charge in [-0.25, -0.2) is 0 Å². The molecule has 1 saturated heterocycles. The van der Waals surface area contributed by atoms with Crippen molar-refractivity contribution >= 4 is 11.8 Å². The Morgan fingerprint density at radius 1 is 0.958 bits per heavy atom. The van der Waals surface area contributed by atoms with Crippen molar-refractivity contribution in [2.45, 2.75) is 17.9 Å². The molecule has 0 spiro atoms. The maximum atomic E-state index is 13.2. The van der Waals surface area contributed by atoms with Crippen LogP contribution in [0.3, 0.4) is 0 Å². The molecule has 0 unspecified atom stereocenters. The Labute approximate surface area is 137 Å². The van der Waals surface area contributed by atoms with E-state index < -0.39 is 23.3 Å². The van der Waals surface area contributed by atoms with Crippen molar-refractivity contribution in [1.82, 2.24) is 0 Å². The molecule has 0 saturated carbocycles. The largest absolute Gasteiger partial charge is 0.465 e. The van der Waals surface area contributed by atoms with E-state index in [0.29, 0.717) is 5.76 Å². The van der Waals surface area contributed by atoms with Gasteiger partial charge in [0.15, 0.2) is 11.5 Å². The van der Waals surface area contributed by atoms with Gasteiger partial charge in [-0.1, -0.05) is 30.3 Å². The third-order valence-corrected chi connectivity index (χ3v) is 4.31. The van der Waals surface area contributed by atoms with E-state index in [1.54, 1.807) is 24.3 Å². The molecule has 0 N–H and O–H groups in total. The number of rotatable bonds is 4. The zero-order valence-electron chi connectivity index (χ0n) is 12.7. The van der Waals surface area contributed by atoms with Crippen LogP contribution in [0.25, 0.3) is 0 Å². The van der Waals surface area contributed by atoms with Crippen LogP contribution >= 0.6 is 0 Å². The first-order chi connectivity index (χ1) is 11.7. The van der Waals surface area contributed by atoms with Crippen LogP contribution in [0, 0.1) is 0 Å². The Morgan fingerprint density at radius 2 is 1.71 bits per heavy atom. The standard InChI is InChI=1S/C19H14O5/c20-17-12-14(13-6-2-1-3-7-13)19(24-17,16-9-5-11-23-16)18(21)15-8-4-10-22-15/h1-11,14H,12H2/t14-,19-/m0/s1. The van der Waals surface area contributed by atoms with Gasteiger partial charge in [0.25, 0.3) is 0 Å². The molecule has 1 aliphatic heterocycles. The van der Waals surface area contributed by atoms with E-state index in [1.807, 2.05) is 30.3 Å². The smallest absolute Gasteiger partial charge is 0.308 e. The van der Waals surface area contributed by atoms with Gasteiger partial charge in [-0.15, -0.1) is 0 Å². The van der Waals surface area contributed by atoms with Crippen molar-refractivity contribution in [3.05, 3.63) is 84.2 Å². The normalized spacial score (nSPS) is 23.2. The molecular weight excluding hydrogens is 308 g/mol. The molecule has 5 heteroatoms. The topological polar surface area (TPSA) is 69.7 Å². The average molecular weight is 322 g/mol. The van der Waals surface area contributed by atoms with Crippen molar-refractivity contribution in [3.8, 4) is 0 Å². The van der Waals surface area contributed by atoms with Gasteiger partial charge in [0, 0.05) is 5.92 Å². The Hall–Kier alpha value is -3.08. The molecule has 0 amide bonds. The molecule has 5 nitrogen and oxygen atoms in total. The van der Waals surface area contributed by atoms with Gasteiger partial charge in [0.1, 0.15) is 0 Å². The SMILES string of the molecule is O=C1C[C@@H](c2ccccc2)[C@@](C(=O)c2ccco2)(c2ccco2)O1. The number of furan rings is 2. The molecule has 0 radical (unpaired) electrons. The van der Waals surface area contributed by atoms with E-state index >= 15 is 0 Å². The number of hydrogen-bond donors (Lipinski definition) is 0. The highest BCUT2D eigenvalue weighted by molar-refractivity contribution is 6.04. The Morgan fingerprint density at radius 3 is 2.38 bits per heavy atom. The second kappa shape index (κ2) is 5.53. The van der Waals surface area contributed by atoms with Crippen molar-refractivity contribution < 1.29 is 23.2 Å². The molecule has 1 fully saturated rings. The van der Waals surface area contributed by atoms with E-state index in [-0.39, 0.29) is 12.2 Å². The first kappa shape index (κ1) is 14.5. The lowest BCUT2D eigenvalue weighted by atomic mass is 9.77. The van der Waals surface area contributed by atoms with E-state index in [9.17, 15) is 9.59 Å². The molecule has 4 rings (SSSR count). The van der Waals surface area contributed by atoms with Crippen molar-refractivity contribution in [2.75, 3.05) is 0 Å². The fourth-order valence-corrected chi connectivity index (χ4v) is 3.26. The molecule has 24 heavy (non-hydrogen) atoms. The van der Waals surface area contributed by atoms with Crippen LogP contribution in [0.15, 0.2) is 76.0 Å². The van der Waals surface area contributed by atoms with E-state index in [4.69, 9.17) is 13.6 Å². The quantitative estimate of drug-likeness (QED) is 0.541. The summed E-state index contributed by atoms with van der Waals surface area (Å²) in [7, 11) is 0. The van der Waals surface area contributed by atoms with Gasteiger partial charge in [0.2, 0.25) is 11.4 Å². The lowest BCUT2D eigenvalue weighted by Gasteiger charge is -2.29. The Bertz CT molecular complexity index is 849. The summed E-state index contributed by atoms with van der Waals surface area (Å²) < 4.78 is 16.4. The maximum absolute atomic E-state index is 13.2. The highest BCUT2D eigenvalue weighted by atomic mass is 16.6. The number of ether oxygens (including phenoxy) is 1. The van der Waals surface area contributed by atoms with Gasteiger partial charge in [0.05, 0.1) is 18.9 Å². The van der Waals surface area contributed by atoms with Crippen LogP contribution in [-0.2, 0) is 15.1 Å². The van der Waals surface area contributed by atoms with Crippen LogP contribution < -0.4 is 0 Å². The molecular formula is C19H14O5. The predicted octanol–water partition coefficient (Wildman–Crippen LogP) is 3.68. The Kier molecular flexibility index (Phi) is 3.34. The molecule has 1 aromatic carbocycles. The van der Waals surface area contributed by atoms with Gasteiger partial charge < -0.3 is 13.6 Å². The minimum atomic E-state index is -1.56. The van der Waals surface area contributed by atoms with Crippen molar-refractivity contribution in [2.24, 2.45) is 0 Å². The zero-order valence-corrected chi connectivity index (χ0v) is 12.7. The summed E-state index contributed by atoms with van der Waals surface area (Å²) in [6.07, 6.45) is 2.97. The summed E-state index contributed by atoms with van der Waals surface area (Å²) in [5, 5.41) is 0. The third kappa shape index (κ3) is 2.09. The summed E-state index contributed by atoms with van der Waals surface area (Å²) in [4.78, 5) is 25.4. The second-order valence-corrected chi connectivity index (χ2v) is 5.66. The van der Waals surface area contributed by atoms with Crippen LogP contribution in [0.2, 0.25) is 0 Å². The summed E-state index contributed by atoms with van der Waals surface area (Å²) >= 11 is 0. The molecule has 2 atom stereocenters. The number of cyclic esters (lactones) is 1. The molecule has 3 heterocycles. The van der Waals surface area contributed by atoms with Gasteiger partial charge in [-0.3, -0.25) is 9.59 Å². The lowest BCUT2D eigenvalue weighted by molar-refractivity contribution is -0.147. The number of ketones is 1. The monoisotopic (exact) mass is 322 g/mol. The highest BCUT2D eigenvalue weighted by Gasteiger charge is 2.59. The maximum Gasteiger partial charge on any atom is 0.308 e. The minimum Gasteiger partial charge on any atom is -0.465 e. The summed E-state index contributed by atoms with van der Waals surface area (Å²) in [5.41, 5.74) is -0.723. The fourth-order valence-electron chi connectivity index (χ4n) is 3.26. The number of esters is 1. The van der Waals surface area contributed by atoms with Crippen LogP contribution in [0.1, 0.15) is 34.2 Å². The number of carbonyl (C=O) groups is 2. The van der Waals surface area contributed by atoms with Crippen LogP contribution in [0.5, 0.6) is 0 Å². The molecule has 0 aliphatic carbocycles. The van der Waals surface area contributed by atoms with E-state index in [2.05, 4.69) is 0 Å².